The molecular weight excluding hydrogens is 385 g/mol. The van der Waals surface area contributed by atoms with Crippen LogP contribution in [0.5, 0.6) is 0 Å². The molecule has 0 saturated carbocycles. The molecule has 6 nitrogen and oxygen atoms in total. The van der Waals surface area contributed by atoms with Gasteiger partial charge in [0, 0.05) is 5.69 Å². The van der Waals surface area contributed by atoms with E-state index in [4.69, 9.17) is 0 Å². The average molecular weight is 404 g/mol. The summed E-state index contributed by atoms with van der Waals surface area (Å²) in [7, 11) is 0. The van der Waals surface area contributed by atoms with Gasteiger partial charge in [0.2, 0.25) is 17.6 Å². The highest BCUT2D eigenvalue weighted by Gasteiger charge is 2.38. The average Bonchev–Trinajstić information content (AvgIpc) is 3.02. The van der Waals surface area contributed by atoms with Crippen molar-refractivity contribution in [3.8, 4) is 0 Å². The number of halogens is 3. The number of nitrogens with one attached hydrogen (secondary N) is 2. The summed E-state index contributed by atoms with van der Waals surface area (Å²) in [4.78, 5) is 27.9. The van der Waals surface area contributed by atoms with E-state index in [-0.39, 0.29) is 17.6 Å². The summed E-state index contributed by atoms with van der Waals surface area (Å²) in [6, 6.07) is 11.6. The molecule has 0 saturated heterocycles. The summed E-state index contributed by atoms with van der Waals surface area (Å²) >= 11 is 0. The molecule has 2 N–H and O–H groups in total. The highest BCUT2D eigenvalue weighted by molar-refractivity contribution is 5.95. The molecule has 3 aromatic rings. The molecule has 0 bridgehead atoms. The first-order valence-corrected chi connectivity index (χ1v) is 8.82. The molecule has 3 rings (SSSR count). The molecule has 0 radical (unpaired) electrons. The predicted octanol–water partition coefficient (Wildman–Crippen LogP) is 3.43. The van der Waals surface area contributed by atoms with Crippen molar-refractivity contribution in [3.63, 3.8) is 0 Å². The molecule has 1 aromatic heterocycles. The van der Waals surface area contributed by atoms with Crippen molar-refractivity contribution in [1.82, 2.24) is 14.9 Å². The van der Waals surface area contributed by atoms with Gasteiger partial charge >= 0.3 is 6.18 Å². The number of carbonyl (C=O) groups is 2. The van der Waals surface area contributed by atoms with Crippen molar-refractivity contribution in [1.29, 1.82) is 0 Å². The molecule has 0 fully saturated rings. The van der Waals surface area contributed by atoms with Gasteiger partial charge in [-0.25, -0.2) is 4.98 Å². The van der Waals surface area contributed by atoms with Gasteiger partial charge in [-0.15, -0.1) is 0 Å². The molecule has 0 spiro atoms. The molecule has 1 heterocycles. The first-order chi connectivity index (χ1) is 13.7. The minimum absolute atomic E-state index is 0.139. The van der Waals surface area contributed by atoms with Crippen LogP contribution in [-0.2, 0) is 22.3 Å². The quantitative estimate of drug-likeness (QED) is 0.684. The number of rotatable bonds is 5. The molecule has 0 unspecified atom stereocenters. The number of alkyl halides is 3. The lowest BCUT2D eigenvalue weighted by molar-refractivity contribution is -0.147. The molecular formula is C20H19F3N4O2. The lowest BCUT2D eigenvalue weighted by atomic mass is 10.1. The Morgan fingerprint density at radius 1 is 1.00 bits per heavy atom. The Morgan fingerprint density at radius 2 is 1.66 bits per heavy atom. The number of para-hydroxylation sites is 3. The van der Waals surface area contributed by atoms with Gasteiger partial charge in [-0.05, 0) is 37.1 Å². The minimum Gasteiger partial charge on any atom is -0.345 e. The fourth-order valence-electron chi connectivity index (χ4n) is 3.03. The summed E-state index contributed by atoms with van der Waals surface area (Å²) < 4.78 is 40.7. The van der Waals surface area contributed by atoms with Gasteiger partial charge in [0.1, 0.15) is 6.54 Å². The van der Waals surface area contributed by atoms with E-state index in [0.29, 0.717) is 5.69 Å². The van der Waals surface area contributed by atoms with Crippen molar-refractivity contribution in [2.45, 2.75) is 26.6 Å². The van der Waals surface area contributed by atoms with Crippen LogP contribution in [0.2, 0.25) is 0 Å². The van der Waals surface area contributed by atoms with Crippen molar-refractivity contribution in [2.75, 3.05) is 11.9 Å². The van der Waals surface area contributed by atoms with E-state index >= 15 is 0 Å². The Balaban J connectivity index is 1.69. The zero-order valence-corrected chi connectivity index (χ0v) is 15.8. The number of imidazole rings is 1. The third-order valence-electron chi connectivity index (χ3n) is 4.40. The van der Waals surface area contributed by atoms with Gasteiger partial charge < -0.3 is 15.2 Å². The summed E-state index contributed by atoms with van der Waals surface area (Å²) in [6.45, 7) is 2.71. The number of hydrogen-bond acceptors (Lipinski definition) is 3. The third kappa shape index (κ3) is 4.56. The van der Waals surface area contributed by atoms with E-state index in [1.54, 1.807) is 12.1 Å². The summed E-state index contributed by atoms with van der Waals surface area (Å²) in [5, 5.41) is 5.06. The standard InChI is InChI=1S/C20H19F3N4O2/c1-12-6-5-7-13(2)18(12)26-16(28)10-24-17(29)11-27-15-9-4-3-8-14(15)25-19(27)20(21,22)23/h3-9H,10-11H2,1-2H3,(H,24,29)(H,26,28). The summed E-state index contributed by atoms with van der Waals surface area (Å²) in [5.41, 5.74) is 2.70. The maximum absolute atomic E-state index is 13.3. The normalized spacial score (nSPS) is 11.5. The fraction of sp³-hybridized carbons (Fsp3) is 0.250. The molecule has 0 atom stereocenters. The van der Waals surface area contributed by atoms with Crippen LogP contribution in [0, 0.1) is 13.8 Å². The van der Waals surface area contributed by atoms with E-state index in [1.807, 2.05) is 32.0 Å². The largest absolute Gasteiger partial charge is 0.449 e. The van der Waals surface area contributed by atoms with Crippen molar-refractivity contribution in [2.24, 2.45) is 0 Å². The van der Waals surface area contributed by atoms with Crippen LogP contribution in [0.4, 0.5) is 18.9 Å². The third-order valence-corrected chi connectivity index (χ3v) is 4.40. The highest BCUT2D eigenvalue weighted by Crippen LogP contribution is 2.31. The van der Waals surface area contributed by atoms with E-state index in [0.717, 1.165) is 15.7 Å². The van der Waals surface area contributed by atoms with E-state index in [2.05, 4.69) is 15.6 Å². The number of benzene rings is 2. The number of carbonyl (C=O) groups excluding carboxylic acids is 2. The van der Waals surface area contributed by atoms with Gasteiger partial charge in [-0.2, -0.15) is 13.2 Å². The van der Waals surface area contributed by atoms with Crippen molar-refractivity contribution in [3.05, 3.63) is 59.4 Å². The Labute approximate surface area is 164 Å². The summed E-state index contributed by atoms with van der Waals surface area (Å²) in [6.07, 6.45) is -4.71. The van der Waals surface area contributed by atoms with Crippen LogP contribution >= 0.6 is 0 Å². The Morgan fingerprint density at radius 3 is 2.31 bits per heavy atom. The number of fused-ring (bicyclic) bond motifs is 1. The number of anilines is 1. The topological polar surface area (TPSA) is 76.0 Å². The van der Waals surface area contributed by atoms with E-state index < -0.39 is 30.4 Å². The zero-order chi connectivity index (χ0) is 21.2. The van der Waals surface area contributed by atoms with Crippen LogP contribution in [0.3, 0.4) is 0 Å². The predicted molar refractivity (Wildman–Crippen MR) is 102 cm³/mol. The van der Waals surface area contributed by atoms with Crippen molar-refractivity contribution < 1.29 is 22.8 Å². The number of hydrogen-bond donors (Lipinski definition) is 2. The smallest absolute Gasteiger partial charge is 0.345 e. The van der Waals surface area contributed by atoms with Crippen LogP contribution in [-0.4, -0.2) is 27.9 Å². The van der Waals surface area contributed by atoms with Crippen molar-refractivity contribution >= 4 is 28.5 Å². The second kappa shape index (κ2) is 7.94. The van der Waals surface area contributed by atoms with Crippen LogP contribution in [0.25, 0.3) is 11.0 Å². The van der Waals surface area contributed by atoms with Gasteiger partial charge in [-0.3, -0.25) is 9.59 Å². The lowest BCUT2D eigenvalue weighted by Gasteiger charge is -2.13. The second-order valence-corrected chi connectivity index (χ2v) is 6.60. The molecule has 29 heavy (non-hydrogen) atoms. The Kier molecular flexibility index (Phi) is 5.58. The number of amides is 2. The molecule has 0 aliphatic rings. The zero-order valence-electron chi connectivity index (χ0n) is 15.8. The maximum atomic E-state index is 13.3. The van der Waals surface area contributed by atoms with Crippen LogP contribution in [0.1, 0.15) is 17.0 Å². The van der Waals surface area contributed by atoms with Crippen LogP contribution < -0.4 is 10.6 Å². The molecule has 0 aliphatic heterocycles. The van der Waals surface area contributed by atoms with Gasteiger partial charge in [0.25, 0.3) is 0 Å². The maximum Gasteiger partial charge on any atom is 0.449 e. The molecule has 2 amide bonds. The molecule has 2 aromatic carbocycles. The molecule has 0 aliphatic carbocycles. The number of nitrogens with zero attached hydrogens (tertiary/aromatic N) is 2. The van der Waals surface area contributed by atoms with Gasteiger partial charge in [0.05, 0.1) is 17.6 Å². The second-order valence-electron chi connectivity index (χ2n) is 6.60. The molecule has 9 heteroatoms. The Bertz CT molecular complexity index is 1050. The van der Waals surface area contributed by atoms with E-state index in [9.17, 15) is 22.8 Å². The SMILES string of the molecule is Cc1cccc(C)c1NC(=O)CNC(=O)Cn1c(C(F)(F)F)nc2ccccc21. The Hall–Kier alpha value is -3.36. The monoisotopic (exact) mass is 404 g/mol. The first-order valence-electron chi connectivity index (χ1n) is 8.82. The highest BCUT2D eigenvalue weighted by atomic mass is 19.4. The van der Waals surface area contributed by atoms with Crippen LogP contribution in [0.15, 0.2) is 42.5 Å². The first kappa shape index (κ1) is 20.4. The van der Waals surface area contributed by atoms with Gasteiger partial charge in [-0.1, -0.05) is 30.3 Å². The van der Waals surface area contributed by atoms with Gasteiger partial charge in [0.15, 0.2) is 0 Å². The van der Waals surface area contributed by atoms with E-state index in [1.165, 1.54) is 12.1 Å². The fourth-order valence-corrected chi connectivity index (χ4v) is 3.03. The number of aryl methyl sites for hydroxylation is 2. The minimum atomic E-state index is -4.71. The lowest BCUT2D eigenvalue weighted by Crippen LogP contribution is -2.35. The molecule has 152 valence electrons. The summed E-state index contributed by atoms with van der Waals surface area (Å²) in [5.74, 6) is -2.36. The number of aromatic nitrogens is 2.